The van der Waals surface area contributed by atoms with Gasteiger partial charge in [0.15, 0.2) is 18.1 Å². The van der Waals surface area contributed by atoms with E-state index in [-0.39, 0.29) is 54.6 Å². The zero-order valence-corrected chi connectivity index (χ0v) is 32.1. The molecule has 0 spiro atoms. The number of carbonyl (C=O) groups excluding carboxylic acids is 3. The second-order valence-electron chi connectivity index (χ2n) is 15.7. The van der Waals surface area contributed by atoms with Crippen molar-refractivity contribution in [3.63, 3.8) is 0 Å². The Morgan fingerprint density at radius 1 is 0.923 bits per heavy atom. The van der Waals surface area contributed by atoms with Crippen LogP contribution < -0.4 is 14.2 Å². The van der Waals surface area contributed by atoms with Gasteiger partial charge in [0.1, 0.15) is 17.6 Å². The van der Waals surface area contributed by atoms with Crippen LogP contribution in [-0.4, -0.2) is 73.1 Å². The molecule has 1 saturated heterocycles. The Morgan fingerprint density at radius 2 is 1.63 bits per heavy atom. The van der Waals surface area contributed by atoms with Crippen LogP contribution in [0.3, 0.4) is 0 Å². The zero-order valence-electron chi connectivity index (χ0n) is 30.6. The molecule has 0 aromatic heterocycles. The summed E-state index contributed by atoms with van der Waals surface area (Å²) >= 11 is 5.85. The minimum atomic E-state index is -0.157. The first-order chi connectivity index (χ1) is 24.5. The molecule has 2 aromatic carbocycles. The molecule has 8 rings (SSSR count). The topological polar surface area (TPSA) is 94.6 Å². The molecule has 9 nitrogen and oxygen atoms in total. The Hall–Kier alpha value is -3.27. The highest BCUT2D eigenvalue weighted by Crippen LogP contribution is 2.64. The van der Waals surface area contributed by atoms with Crippen LogP contribution in [0.1, 0.15) is 77.7 Å². The lowest BCUT2D eigenvalue weighted by Gasteiger charge is -2.56. The molecule has 11 heteroatoms. The molecule has 52 heavy (non-hydrogen) atoms. The van der Waals surface area contributed by atoms with Crippen LogP contribution in [-0.2, 0) is 25.7 Å². The lowest BCUT2D eigenvalue weighted by atomic mass is 9.48. The van der Waals surface area contributed by atoms with Crippen molar-refractivity contribution in [2.24, 2.45) is 28.6 Å². The summed E-state index contributed by atoms with van der Waals surface area (Å²) in [5.74, 6) is 4.59. The molecule has 1 amide bonds. The molecule has 3 saturated carbocycles. The molecular weight excluding hydrogens is 703 g/mol. The molecule has 0 N–H and O–H groups in total. The second kappa shape index (κ2) is 16.0. The maximum atomic E-state index is 12.4. The third-order valence-corrected chi connectivity index (χ3v) is 13.1. The van der Waals surface area contributed by atoms with Gasteiger partial charge in [0, 0.05) is 62.9 Å². The normalized spacial score (nSPS) is 30.3. The number of rotatable bonds is 6. The van der Waals surface area contributed by atoms with E-state index >= 15 is 0 Å². The summed E-state index contributed by atoms with van der Waals surface area (Å²) in [6, 6.07) is 13.1. The number of ketones is 1. The van der Waals surface area contributed by atoms with Gasteiger partial charge in [0.25, 0.3) is 5.91 Å². The molecule has 0 radical (unpaired) electrons. The van der Waals surface area contributed by atoms with Gasteiger partial charge >= 0.3 is 5.97 Å². The number of esters is 1. The number of Topliss-reactive ketones (excluding diaryl/α,β-unsaturated/α-hetero) is 1. The number of ether oxygens (including phenoxy) is 4. The summed E-state index contributed by atoms with van der Waals surface area (Å²) in [6.45, 7) is 10.4. The fourth-order valence-corrected chi connectivity index (χ4v) is 10.1. The maximum Gasteiger partial charge on any atom is 0.302 e. The number of allylic oxidation sites excluding steroid dienone is 1. The second-order valence-corrected chi connectivity index (χ2v) is 16.2. The first-order valence-electron chi connectivity index (χ1n) is 18.7. The molecule has 6 aliphatic rings. The van der Waals surface area contributed by atoms with Crippen LogP contribution in [0.4, 0.5) is 0 Å². The SMILES string of the molecule is CC(=O)OC1CCC2(C)C(=CCC3C4CCC(=O)C4(C)CCC32)C1.Cl.O=C(COc1ccc(Cl)cc1)N1CCN(Cc2ccc3c(c2)OCO3)CC1. The number of amides is 1. The Balaban J connectivity index is 0.000000176. The van der Waals surface area contributed by atoms with E-state index in [1.165, 1.54) is 24.5 Å². The Bertz CT molecular complexity index is 1660. The fourth-order valence-electron chi connectivity index (χ4n) is 9.95. The van der Waals surface area contributed by atoms with Gasteiger partial charge in [-0.1, -0.05) is 43.2 Å². The summed E-state index contributed by atoms with van der Waals surface area (Å²) in [7, 11) is 0. The maximum absolute atomic E-state index is 12.4. The monoisotopic (exact) mass is 754 g/mol. The molecule has 6 unspecified atom stereocenters. The number of nitrogens with zero attached hydrogens (tertiary/aromatic N) is 2. The average molecular weight is 756 g/mol. The standard InChI is InChI=1S/C21H30O3.C20H21ClN2O4.ClH/c1-13(22)24-15-8-10-20(2)14(12-15)4-5-16-17-6-7-19(23)21(17,3)11-9-18(16)20;21-16-2-4-17(5-3-16)25-13-20(24)23-9-7-22(8-10-23)12-15-1-6-18-19(11-15)27-14-26-18;/h4,15-18H,5-12H2,1-3H3;1-6,11H,7-10,12-14H2;1H. The quantitative estimate of drug-likeness (QED) is 0.219. The molecule has 2 aliphatic heterocycles. The van der Waals surface area contributed by atoms with Crippen LogP contribution in [0.25, 0.3) is 0 Å². The van der Waals surface area contributed by atoms with Gasteiger partial charge in [-0.3, -0.25) is 19.3 Å². The predicted octanol–water partition coefficient (Wildman–Crippen LogP) is 7.66. The smallest absolute Gasteiger partial charge is 0.302 e. The third kappa shape index (κ3) is 7.97. The van der Waals surface area contributed by atoms with E-state index in [0.29, 0.717) is 47.4 Å². The minimum Gasteiger partial charge on any atom is -0.484 e. The molecule has 6 atom stereocenters. The lowest BCUT2D eigenvalue weighted by molar-refractivity contribution is -0.148. The van der Waals surface area contributed by atoms with Crippen molar-refractivity contribution in [2.45, 2.75) is 84.8 Å². The summed E-state index contributed by atoms with van der Waals surface area (Å²) in [5.41, 5.74) is 2.92. The minimum absolute atomic E-state index is 0. The van der Waals surface area contributed by atoms with Gasteiger partial charge in [0.2, 0.25) is 6.79 Å². The summed E-state index contributed by atoms with van der Waals surface area (Å²) in [4.78, 5) is 40.3. The number of carbonyl (C=O) groups is 3. The van der Waals surface area contributed by atoms with Crippen LogP contribution in [0.15, 0.2) is 54.1 Å². The Morgan fingerprint density at radius 3 is 2.38 bits per heavy atom. The number of benzene rings is 2. The van der Waals surface area contributed by atoms with Crippen molar-refractivity contribution < 1.29 is 33.3 Å². The highest BCUT2D eigenvalue weighted by Gasteiger charge is 2.58. The molecule has 282 valence electrons. The van der Waals surface area contributed by atoms with Gasteiger partial charge in [0.05, 0.1) is 0 Å². The van der Waals surface area contributed by atoms with Crippen LogP contribution >= 0.6 is 24.0 Å². The largest absolute Gasteiger partial charge is 0.484 e. The van der Waals surface area contributed by atoms with Crippen molar-refractivity contribution >= 4 is 41.7 Å². The van der Waals surface area contributed by atoms with Crippen molar-refractivity contribution in [2.75, 3.05) is 39.6 Å². The van der Waals surface area contributed by atoms with Crippen LogP contribution in [0.5, 0.6) is 17.2 Å². The highest BCUT2D eigenvalue weighted by atomic mass is 35.5. The number of fused-ring (bicyclic) bond motifs is 6. The molecule has 4 fully saturated rings. The van der Waals surface area contributed by atoms with Crippen LogP contribution in [0, 0.1) is 28.6 Å². The highest BCUT2D eigenvalue weighted by molar-refractivity contribution is 6.30. The first-order valence-corrected chi connectivity index (χ1v) is 19.1. The van der Waals surface area contributed by atoms with Gasteiger partial charge < -0.3 is 23.8 Å². The van der Waals surface area contributed by atoms with E-state index in [9.17, 15) is 14.4 Å². The van der Waals surface area contributed by atoms with Crippen molar-refractivity contribution in [1.82, 2.24) is 9.80 Å². The Labute approximate surface area is 318 Å². The van der Waals surface area contributed by atoms with Crippen molar-refractivity contribution in [3.8, 4) is 17.2 Å². The number of halogens is 2. The summed E-state index contributed by atoms with van der Waals surface area (Å²) in [6.07, 6.45) is 10.8. The van der Waals surface area contributed by atoms with E-state index < -0.39 is 0 Å². The van der Waals surface area contributed by atoms with E-state index in [1.807, 2.05) is 17.0 Å². The van der Waals surface area contributed by atoms with Gasteiger partial charge in [-0.25, -0.2) is 0 Å². The number of hydrogen-bond acceptors (Lipinski definition) is 8. The lowest BCUT2D eigenvalue weighted by Crippen LogP contribution is -2.50. The first kappa shape index (κ1) is 38.5. The zero-order chi connectivity index (χ0) is 35.8. The third-order valence-electron chi connectivity index (χ3n) is 12.8. The molecule has 2 aromatic rings. The molecule has 4 aliphatic carbocycles. The van der Waals surface area contributed by atoms with E-state index in [0.717, 1.165) is 76.1 Å². The predicted molar refractivity (Wildman–Crippen MR) is 201 cm³/mol. The molecule has 0 bridgehead atoms. The average Bonchev–Trinajstić information content (AvgIpc) is 3.71. The fraction of sp³-hybridized carbons (Fsp3) is 0.585. The number of piperazine rings is 1. The van der Waals surface area contributed by atoms with Gasteiger partial charge in [-0.15, -0.1) is 12.4 Å². The van der Waals surface area contributed by atoms with Gasteiger partial charge in [-0.2, -0.15) is 0 Å². The van der Waals surface area contributed by atoms with Gasteiger partial charge in [-0.05, 0) is 104 Å². The van der Waals surface area contributed by atoms with E-state index in [1.54, 1.807) is 24.3 Å². The van der Waals surface area contributed by atoms with Crippen LogP contribution in [0.2, 0.25) is 5.02 Å². The Kier molecular flexibility index (Phi) is 11.8. The summed E-state index contributed by atoms with van der Waals surface area (Å²) < 4.78 is 21.8. The molecular formula is C41H52Cl2N2O7. The summed E-state index contributed by atoms with van der Waals surface area (Å²) in [5, 5.41) is 0.646. The van der Waals surface area contributed by atoms with Crippen molar-refractivity contribution in [3.05, 3.63) is 64.7 Å². The van der Waals surface area contributed by atoms with Crippen molar-refractivity contribution in [1.29, 1.82) is 0 Å². The number of hydrogen-bond donors (Lipinski definition) is 0. The molecule has 2 heterocycles. The van der Waals surface area contributed by atoms with E-state index in [2.05, 4.69) is 30.9 Å². The van der Waals surface area contributed by atoms with E-state index in [4.69, 9.17) is 30.5 Å².